The van der Waals surface area contributed by atoms with Gasteiger partial charge in [0.05, 0.1) is 12.8 Å². The van der Waals surface area contributed by atoms with Crippen molar-refractivity contribution >= 4 is 40.0 Å². The maximum atomic E-state index is 11.7. The van der Waals surface area contributed by atoms with Crippen molar-refractivity contribution in [2.45, 2.75) is 51.6 Å². The van der Waals surface area contributed by atoms with E-state index >= 15 is 0 Å². The lowest BCUT2D eigenvalue weighted by atomic mass is 10.1. The summed E-state index contributed by atoms with van der Waals surface area (Å²) in [7, 11) is -3.16. The number of halogens is 1. The van der Waals surface area contributed by atoms with E-state index in [-0.39, 0.29) is 35.6 Å². The van der Waals surface area contributed by atoms with Crippen molar-refractivity contribution in [2.24, 2.45) is 10.7 Å². The Morgan fingerprint density at radius 1 is 1.40 bits per heavy atom. The molecule has 1 aliphatic heterocycles. The van der Waals surface area contributed by atoms with Gasteiger partial charge in [0.1, 0.15) is 0 Å². The average molecular weight is 418 g/mol. The van der Waals surface area contributed by atoms with Gasteiger partial charge in [-0.3, -0.25) is 4.99 Å². The van der Waals surface area contributed by atoms with Crippen LogP contribution in [0.5, 0.6) is 0 Å². The second-order valence-corrected chi connectivity index (χ2v) is 8.06. The van der Waals surface area contributed by atoms with Gasteiger partial charge in [-0.15, -0.1) is 24.0 Å². The molecule has 0 amide bonds. The van der Waals surface area contributed by atoms with E-state index in [1.54, 1.807) is 4.31 Å². The summed E-state index contributed by atoms with van der Waals surface area (Å²) in [4.78, 5) is 4.27. The summed E-state index contributed by atoms with van der Waals surface area (Å²) in [6.07, 6.45) is 4.06. The lowest BCUT2D eigenvalue weighted by Gasteiger charge is -2.32. The van der Waals surface area contributed by atoms with Crippen LogP contribution in [-0.4, -0.2) is 49.6 Å². The summed E-state index contributed by atoms with van der Waals surface area (Å²) in [5.74, 6) is 0.367. The topological polar surface area (TPSA) is 87.8 Å². The number of nitrogens with one attached hydrogen (secondary N) is 1. The number of aliphatic imine (C=N–C) groups is 1. The molecular formula is C12H27IN4O2S. The van der Waals surface area contributed by atoms with Crippen LogP contribution in [-0.2, 0) is 10.0 Å². The van der Waals surface area contributed by atoms with Gasteiger partial charge in [-0.05, 0) is 33.6 Å². The largest absolute Gasteiger partial charge is 0.370 e. The standard InChI is InChI=1S/C12H26N4O2S.HI/c1-12(2,3)15-11(13)14-9-10-7-5-6-8-16(10)19(4,17)18;/h10H,5-9H2,1-4H3,(H3,13,14,15);1H. The van der Waals surface area contributed by atoms with Crippen molar-refractivity contribution < 1.29 is 8.42 Å². The molecule has 0 aromatic rings. The van der Waals surface area contributed by atoms with E-state index in [0.29, 0.717) is 19.0 Å². The van der Waals surface area contributed by atoms with Crippen LogP contribution in [0.3, 0.4) is 0 Å². The van der Waals surface area contributed by atoms with Gasteiger partial charge in [-0.1, -0.05) is 6.42 Å². The summed E-state index contributed by atoms with van der Waals surface area (Å²) < 4.78 is 24.9. The maximum Gasteiger partial charge on any atom is 0.211 e. The van der Waals surface area contributed by atoms with Crippen LogP contribution in [0.25, 0.3) is 0 Å². The summed E-state index contributed by atoms with van der Waals surface area (Å²) in [5.41, 5.74) is 5.66. The first-order valence-electron chi connectivity index (χ1n) is 6.64. The predicted octanol–water partition coefficient (Wildman–Crippen LogP) is 1.12. The number of hydrogen-bond donors (Lipinski definition) is 2. The van der Waals surface area contributed by atoms with Crippen molar-refractivity contribution in [3.63, 3.8) is 0 Å². The molecule has 1 saturated heterocycles. The maximum absolute atomic E-state index is 11.7. The van der Waals surface area contributed by atoms with Crippen LogP contribution >= 0.6 is 24.0 Å². The van der Waals surface area contributed by atoms with Crippen LogP contribution in [0, 0.1) is 0 Å². The number of guanidine groups is 1. The molecule has 8 heteroatoms. The number of rotatable bonds is 3. The molecule has 6 nitrogen and oxygen atoms in total. The Morgan fingerprint density at radius 2 is 2.00 bits per heavy atom. The minimum absolute atomic E-state index is 0. The summed E-state index contributed by atoms with van der Waals surface area (Å²) in [6, 6.07) is -0.0657. The normalized spacial score (nSPS) is 22.2. The zero-order chi connectivity index (χ0) is 14.7. The SMILES string of the molecule is CC(C)(C)NC(N)=NCC1CCCCN1S(C)(=O)=O.I. The fourth-order valence-corrected chi connectivity index (χ4v) is 3.39. The van der Waals surface area contributed by atoms with Crippen molar-refractivity contribution in [1.29, 1.82) is 0 Å². The van der Waals surface area contributed by atoms with Crippen molar-refractivity contribution in [3.8, 4) is 0 Å². The number of sulfonamides is 1. The molecule has 1 heterocycles. The molecule has 1 rings (SSSR count). The highest BCUT2D eigenvalue weighted by Crippen LogP contribution is 2.19. The first kappa shape index (κ1) is 19.9. The van der Waals surface area contributed by atoms with Gasteiger partial charge in [-0.2, -0.15) is 4.31 Å². The number of nitrogens with two attached hydrogens (primary N) is 1. The Bertz CT molecular complexity index is 431. The molecule has 20 heavy (non-hydrogen) atoms. The molecule has 1 unspecified atom stereocenters. The summed E-state index contributed by atoms with van der Waals surface area (Å²) >= 11 is 0. The van der Waals surface area contributed by atoms with Gasteiger partial charge in [0.25, 0.3) is 0 Å². The highest BCUT2D eigenvalue weighted by Gasteiger charge is 2.29. The quantitative estimate of drug-likeness (QED) is 0.409. The third-order valence-corrected chi connectivity index (χ3v) is 4.31. The Balaban J connectivity index is 0.00000361. The fourth-order valence-electron chi connectivity index (χ4n) is 2.22. The van der Waals surface area contributed by atoms with E-state index in [2.05, 4.69) is 10.3 Å². The Morgan fingerprint density at radius 3 is 2.50 bits per heavy atom. The zero-order valence-corrected chi connectivity index (χ0v) is 15.9. The van der Waals surface area contributed by atoms with Gasteiger partial charge in [0, 0.05) is 18.1 Å². The first-order chi connectivity index (χ1) is 8.59. The molecule has 1 atom stereocenters. The van der Waals surface area contributed by atoms with E-state index in [1.807, 2.05) is 20.8 Å². The number of nitrogens with zero attached hydrogens (tertiary/aromatic N) is 2. The van der Waals surface area contributed by atoms with Crippen LogP contribution < -0.4 is 11.1 Å². The van der Waals surface area contributed by atoms with Crippen LogP contribution in [0.2, 0.25) is 0 Å². The third kappa shape index (κ3) is 7.07. The molecule has 0 saturated carbocycles. The molecule has 0 aromatic heterocycles. The van der Waals surface area contributed by atoms with Gasteiger partial charge in [0.2, 0.25) is 10.0 Å². The second kappa shape index (κ2) is 7.79. The molecule has 120 valence electrons. The van der Waals surface area contributed by atoms with Crippen molar-refractivity contribution in [1.82, 2.24) is 9.62 Å². The average Bonchev–Trinajstić information content (AvgIpc) is 2.23. The van der Waals surface area contributed by atoms with Gasteiger partial charge < -0.3 is 11.1 Å². The first-order valence-corrected chi connectivity index (χ1v) is 8.49. The molecular weight excluding hydrogens is 391 g/mol. The number of hydrogen-bond acceptors (Lipinski definition) is 3. The summed E-state index contributed by atoms with van der Waals surface area (Å²) in [5, 5.41) is 3.07. The Hall–Kier alpha value is -0.0900. The molecule has 0 spiro atoms. The third-order valence-electron chi connectivity index (χ3n) is 2.97. The molecule has 0 bridgehead atoms. The van der Waals surface area contributed by atoms with E-state index in [0.717, 1.165) is 19.3 Å². The minimum atomic E-state index is -3.16. The van der Waals surface area contributed by atoms with E-state index in [4.69, 9.17) is 5.73 Å². The van der Waals surface area contributed by atoms with Gasteiger partial charge in [-0.25, -0.2) is 8.42 Å². The zero-order valence-electron chi connectivity index (χ0n) is 12.7. The smallest absolute Gasteiger partial charge is 0.211 e. The molecule has 1 fully saturated rings. The molecule has 0 radical (unpaired) electrons. The monoisotopic (exact) mass is 418 g/mol. The molecule has 0 aromatic carbocycles. The Labute approximate surface area is 139 Å². The molecule has 1 aliphatic rings. The second-order valence-electron chi connectivity index (χ2n) is 6.12. The van der Waals surface area contributed by atoms with E-state index < -0.39 is 10.0 Å². The fraction of sp³-hybridized carbons (Fsp3) is 0.917. The molecule has 0 aliphatic carbocycles. The predicted molar refractivity (Wildman–Crippen MR) is 94.0 cm³/mol. The summed E-state index contributed by atoms with van der Waals surface area (Å²) in [6.45, 7) is 7.00. The lowest BCUT2D eigenvalue weighted by Crippen LogP contribution is -2.47. The van der Waals surface area contributed by atoms with Crippen LogP contribution in [0.4, 0.5) is 0 Å². The van der Waals surface area contributed by atoms with Gasteiger partial charge >= 0.3 is 0 Å². The van der Waals surface area contributed by atoms with Crippen molar-refractivity contribution in [3.05, 3.63) is 0 Å². The highest BCUT2D eigenvalue weighted by molar-refractivity contribution is 14.0. The molecule has 3 N–H and O–H groups in total. The van der Waals surface area contributed by atoms with Gasteiger partial charge in [0.15, 0.2) is 5.96 Å². The van der Waals surface area contributed by atoms with Crippen molar-refractivity contribution in [2.75, 3.05) is 19.3 Å². The van der Waals surface area contributed by atoms with E-state index in [1.165, 1.54) is 6.26 Å². The van der Waals surface area contributed by atoms with Crippen LogP contribution in [0.1, 0.15) is 40.0 Å². The number of piperidine rings is 1. The lowest BCUT2D eigenvalue weighted by molar-refractivity contribution is 0.259. The van der Waals surface area contributed by atoms with E-state index in [9.17, 15) is 8.42 Å². The van der Waals surface area contributed by atoms with Crippen LogP contribution in [0.15, 0.2) is 4.99 Å². The minimum Gasteiger partial charge on any atom is -0.370 e. The Kier molecular flexibility index (Phi) is 7.75. The highest BCUT2D eigenvalue weighted by atomic mass is 127.